The minimum atomic E-state index is -0.483. The lowest BCUT2D eigenvalue weighted by atomic mass is 9.86. The Morgan fingerprint density at radius 2 is 1.82 bits per heavy atom. The SMILES string of the molecule is N#CN1CCC(NC(=O)N2CC(OCc3ccccc3)(c3ccccc3)C2)C1. The molecule has 2 aromatic rings. The van der Waals surface area contributed by atoms with E-state index in [1.165, 1.54) is 0 Å². The molecule has 6 nitrogen and oxygen atoms in total. The average molecular weight is 376 g/mol. The third-order valence-electron chi connectivity index (χ3n) is 5.49. The summed E-state index contributed by atoms with van der Waals surface area (Å²) in [6.07, 6.45) is 2.95. The summed E-state index contributed by atoms with van der Waals surface area (Å²) >= 11 is 0. The number of urea groups is 1. The number of nitrogens with one attached hydrogen (secondary N) is 1. The number of carbonyl (C=O) groups excluding carboxylic acids is 1. The van der Waals surface area contributed by atoms with Crippen molar-refractivity contribution in [3.63, 3.8) is 0 Å². The zero-order valence-electron chi connectivity index (χ0n) is 15.8. The van der Waals surface area contributed by atoms with Crippen LogP contribution in [0.4, 0.5) is 4.79 Å². The van der Waals surface area contributed by atoms with Gasteiger partial charge in [0, 0.05) is 13.1 Å². The first-order chi connectivity index (χ1) is 13.7. The van der Waals surface area contributed by atoms with E-state index in [0.29, 0.717) is 32.8 Å². The molecule has 2 amide bonds. The van der Waals surface area contributed by atoms with Gasteiger partial charge >= 0.3 is 6.03 Å². The predicted octanol–water partition coefficient (Wildman–Crippen LogP) is 2.68. The first-order valence-corrected chi connectivity index (χ1v) is 9.62. The van der Waals surface area contributed by atoms with Crippen LogP contribution < -0.4 is 5.32 Å². The third-order valence-corrected chi connectivity index (χ3v) is 5.49. The van der Waals surface area contributed by atoms with E-state index < -0.39 is 5.60 Å². The molecule has 1 N–H and O–H groups in total. The van der Waals surface area contributed by atoms with E-state index in [2.05, 4.69) is 23.6 Å². The Hall–Kier alpha value is -3.04. The molecule has 0 bridgehead atoms. The molecule has 0 aromatic heterocycles. The molecule has 144 valence electrons. The molecular formula is C22H24N4O2. The summed E-state index contributed by atoms with van der Waals surface area (Å²) in [4.78, 5) is 16.1. The first kappa shape index (κ1) is 18.3. The summed E-state index contributed by atoms with van der Waals surface area (Å²) in [7, 11) is 0. The molecule has 0 aliphatic carbocycles. The first-order valence-electron chi connectivity index (χ1n) is 9.62. The largest absolute Gasteiger partial charge is 0.362 e. The number of likely N-dealkylation sites (tertiary alicyclic amines) is 2. The maximum Gasteiger partial charge on any atom is 0.317 e. The number of hydrogen-bond acceptors (Lipinski definition) is 4. The molecule has 28 heavy (non-hydrogen) atoms. The van der Waals surface area contributed by atoms with Crippen molar-refractivity contribution in [3.05, 3.63) is 71.8 Å². The van der Waals surface area contributed by atoms with Gasteiger partial charge in [0.25, 0.3) is 0 Å². The van der Waals surface area contributed by atoms with Crippen LogP contribution in [-0.4, -0.2) is 48.1 Å². The molecule has 2 saturated heterocycles. The van der Waals surface area contributed by atoms with Crippen LogP contribution in [0.2, 0.25) is 0 Å². The maximum atomic E-state index is 12.6. The Morgan fingerprint density at radius 1 is 1.14 bits per heavy atom. The molecule has 6 heteroatoms. The highest BCUT2D eigenvalue weighted by Crippen LogP contribution is 2.36. The number of benzene rings is 2. The summed E-state index contributed by atoms with van der Waals surface area (Å²) in [5, 5.41) is 12.0. The van der Waals surface area contributed by atoms with E-state index in [1.54, 1.807) is 9.80 Å². The van der Waals surface area contributed by atoms with Crippen LogP contribution in [0.1, 0.15) is 17.5 Å². The van der Waals surface area contributed by atoms with Crippen LogP contribution in [-0.2, 0) is 16.9 Å². The Morgan fingerprint density at radius 3 is 2.46 bits per heavy atom. The van der Waals surface area contributed by atoms with Crippen molar-refractivity contribution in [1.29, 1.82) is 5.26 Å². The average Bonchev–Trinajstić information content (AvgIpc) is 3.16. The number of hydrogen-bond donors (Lipinski definition) is 1. The van der Waals surface area contributed by atoms with E-state index in [1.807, 2.05) is 48.5 Å². The van der Waals surface area contributed by atoms with Gasteiger partial charge in [0.05, 0.1) is 25.7 Å². The Bertz CT molecular complexity index is 844. The van der Waals surface area contributed by atoms with E-state index in [0.717, 1.165) is 17.5 Å². The standard InChI is InChI=1S/C22H24N4O2/c23-17-25-12-11-20(13-25)24-21(27)26-15-22(16-26,19-9-5-2-6-10-19)28-14-18-7-3-1-4-8-18/h1-10,20H,11-16H2,(H,24,27). The van der Waals surface area contributed by atoms with Gasteiger partial charge in [-0.3, -0.25) is 0 Å². The molecule has 2 aliphatic heterocycles. The summed E-state index contributed by atoms with van der Waals surface area (Å²) in [6.45, 7) is 2.83. The van der Waals surface area contributed by atoms with Crippen LogP contribution in [0.3, 0.4) is 0 Å². The quantitative estimate of drug-likeness (QED) is 0.815. The highest BCUT2D eigenvalue weighted by molar-refractivity contribution is 5.76. The monoisotopic (exact) mass is 376 g/mol. The molecule has 2 fully saturated rings. The lowest BCUT2D eigenvalue weighted by molar-refractivity contribution is -0.142. The van der Waals surface area contributed by atoms with Gasteiger partial charge in [0.1, 0.15) is 5.60 Å². The smallest absolute Gasteiger partial charge is 0.317 e. The van der Waals surface area contributed by atoms with Gasteiger partial charge in [-0.25, -0.2) is 4.79 Å². The van der Waals surface area contributed by atoms with Crippen molar-refractivity contribution in [1.82, 2.24) is 15.1 Å². The van der Waals surface area contributed by atoms with Crippen molar-refractivity contribution in [3.8, 4) is 6.19 Å². The molecule has 2 heterocycles. The normalized spacial score (nSPS) is 20.3. The number of ether oxygens (including phenoxy) is 1. The Labute approximate surface area is 165 Å². The van der Waals surface area contributed by atoms with Crippen molar-refractivity contribution < 1.29 is 9.53 Å². The second kappa shape index (κ2) is 7.91. The van der Waals surface area contributed by atoms with Crippen LogP contribution in [0.15, 0.2) is 60.7 Å². The number of nitriles is 1. The van der Waals surface area contributed by atoms with E-state index in [-0.39, 0.29) is 12.1 Å². The third kappa shape index (κ3) is 3.80. The minimum Gasteiger partial charge on any atom is -0.362 e. The van der Waals surface area contributed by atoms with Crippen LogP contribution in [0.25, 0.3) is 0 Å². The Balaban J connectivity index is 1.40. The summed E-state index contributed by atoms with van der Waals surface area (Å²) in [5.74, 6) is 0. The zero-order valence-corrected chi connectivity index (χ0v) is 15.8. The second-order valence-corrected chi connectivity index (χ2v) is 7.47. The maximum absolute atomic E-state index is 12.6. The lowest BCUT2D eigenvalue weighted by Gasteiger charge is -2.50. The Kier molecular flexibility index (Phi) is 5.18. The molecule has 4 rings (SSSR count). The number of rotatable bonds is 5. The number of carbonyl (C=O) groups is 1. The minimum absolute atomic E-state index is 0.0316. The molecule has 2 aliphatic rings. The molecule has 1 unspecified atom stereocenters. The van der Waals surface area contributed by atoms with Crippen LogP contribution in [0, 0.1) is 11.5 Å². The van der Waals surface area contributed by atoms with Crippen LogP contribution >= 0.6 is 0 Å². The summed E-state index contributed by atoms with van der Waals surface area (Å²) in [6, 6.07) is 20.1. The van der Waals surface area contributed by atoms with Crippen molar-refractivity contribution in [2.24, 2.45) is 0 Å². The molecule has 2 aromatic carbocycles. The zero-order chi connectivity index (χ0) is 19.4. The number of amides is 2. The van der Waals surface area contributed by atoms with Crippen LogP contribution in [0.5, 0.6) is 0 Å². The van der Waals surface area contributed by atoms with E-state index in [4.69, 9.17) is 10.00 Å². The highest BCUT2D eigenvalue weighted by Gasteiger charge is 2.48. The van der Waals surface area contributed by atoms with Crippen molar-refractivity contribution in [2.45, 2.75) is 24.7 Å². The molecule has 1 atom stereocenters. The number of nitrogens with zero attached hydrogens (tertiary/aromatic N) is 3. The fraction of sp³-hybridized carbons (Fsp3) is 0.364. The predicted molar refractivity (Wildman–Crippen MR) is 105 cm³/mol. The van der Waals surface area contributed by atoms with Gasteiger partial charge in [-0.05, 0) is 17.5 Å². The topological polar surface area (TPSA) is 68.6 Å². The van der Waals surface area contributed by atoms with Gasteiger partial charge in [0.15, 0.2) is 6.19 Å². The van der Waals surface area contributed by atoms with E-state index >= 15 is 0 Å². The van der Waals surface area contributed by atoms with Gasteiger partial charge in [-0.15, -0.1) is 0 Å². The molecule has 0 saturated carbocycles. The summed E-state index contributed by atoms with van der Waals surface area (Å²) < 4.78 is 6.35. The van der Waals surface area contributed by atoms with E-state index in [9.17, 15) is 4.79 Å². The molecule has 0 radical (unpaired) electrons. The summed E-state index contributed by atoms with van der Waals surface area (Å²) in [5.41, 5.74) is 1.72. The fourth-order valence-corrected chi connectivity index (χ4v) is 3.84. The van der Waals surface area contributed by atoms with Gasteiger partial charge in [-0.2, -0.15) is 5.26 Å². The molecular weight excluding hydrogens is 352 g/mol. The van der Waals surface area contributed by atoms with Gasteiger partial charge in [-0.1, -0.05) is 60.7 Å². The molecule has 0 spiro atoms. The highest BCUT2D eigenvalue weighted by atomic mass is 16.5. The fourth-order valence-electron chi connectivity index (χ4n) is 3.84. The second-order valence-electron chi connectivity index (χ2n) is 7.47. The van der Waals surface area contributed by atoms with Crippen molar-refractivity contribution >= 4 is 6.03 Å². The lowest BCUT2D eigenvalue weighted by Crippen LogP contribution is -2.65. The van der Waals surface area contributed by atoms with Crippen molar-refractivity contribution in [2.75, 3.05) is 26.2 Å². The van der Waals surface area contributed by atoms with Gasteiger partial charge < -0.3 is 19.9 Å². The van der Waals surface area contributed by atoms with Gasteiger partial charge in [0.2, 0.25) is 0 Å².